The van der Waals surface area contributed by atoms with Crippen molar-refractivity contribution >= 4 is 0 Å². The van der Waals surface area contributed by atoms with E-state index in [1.54, 1.807) is 0 Å². The summed E-state index contributed by atoms with van der Waals surface area (Å²) in [6.07, 6.45) is 4.13. The van der Waals surface area contributed by atoms with E-state index in [0.29, 0.717) is 23.9 Å². The number of hydrogen-bond donors (Lipinski definition) is 0. The molecule has 7 unspecified atom stereocenters. The monoisotopic (exact) mass is 181 g/mol. The topological polar surface area (TPSA) is 24.8 Å². The number of likely N-dealkylation sites (tertiary alicyclic amines) is 1. The Bertz CT molecular complexity index is 282. The van der Waals surface area contributed by atoms with Crippen LogP contribution in [-0.4, -0.2) is 49.0 Å². The van der Waals surface area contributed by atoms with Crippen molar-refractivity contribution in [2.75, 3.05) is 14.2 Å². The second-order valence-electron chi connectivity index (χ2n) is 4.97. The fourth-order valence-corrected chi connectivity index (χ4v) is 4.08. The minimum atomic E-state index is 0.484. The molecule has 0 N–H and O–H groups in total. The number of hydrogen-bond acceptors (Lipinski definition) is 3. The van der Waals surface area contributed by atoms with Gasteiger partial charge >= 0.3 is 0 Å². The summed E-state index contributed by atoms with van der Waals surface area (Å²) in [5.74, 6) is 0.784. The minimum Gasteiger partial charge on any atom is -0.381 e. The molecule has 2 saturated heterocycles. The van der Waals surface area contributed by atoms with Gasteiger partial charge in [-0.05, 0) is 19.9 Å². The molecule has 2 heterocycles. The van der Waals surface area contributed by atoms with Crippen molar-refractivity contribution in [1.82, 2.24) is 4.90 Å². The van der Waals surface area contributed by atoms with E-state index in [2.05, 4.69) is 11.9 Å². The first kappa shape index (κ1) is 7.21. The van der Waals surface area contributed by atoms with E-state index < -0.39 is 0 Å². The molecule has 0 radical (unpaired) electrons. The number of methoxy groups -OCH3 is 1. The zero-order valence-electron chi connectivity index (χ0n) is 8.06. The Morgan fingerprint density at radius 3 is 3.08 bits per heavy atom. The summed E-state index contributed by atoms with van der Waals surface area (Å²) in [4.78, 5) is 2.52. The largest absolute Gasteiger partial charge is 0.381 e. The van der Waals surface area contributed by atoms with E-state index in [-0.39, 0.29) is 0 Å². The van der Waals surface area contributed by atoms with Gasteiger partial charge in [0.1, 0.15) is 6.10 Å². The van der Waals surface area contributed by atoms with Crippen LogP contribution in [0.4, 0.5) is 0 Å². The molecule has 4 rings (SSSR count). The van der Waals surface area contributed by atoms with Gasteiger partial charge in [0.2, 0.25) is 0 Å². The predicted octanol–water partition coefficient (Wildman–Crippen LogP) is 0.245. The Morgan fingerprint density at radius 1 is 1.46 bits per heavy atom. The summed E-state index contributed by atoms with van der Waals surface area (Å²) in [6, 6.07) is 0.764. The maximum atomic E-state index is 5.69. The predicted molar refractivity (Wildman–Crippen MR) is 46.5 cm³/mol. The maximum Gasteiger partial charge on any atom is 0.105 e. The van der Waals surface area contributed by atoms with Gasteiger partial charge in [0.15, 0.2) is 0 Å². The molecule has 0 bridgehead atoms. The van der Waals surface area contributed by atoms with Crippen LogP contribution >= 0.6 is 0 Å². The van der Waals surface area contributed by atoms with Crippen LogP contribution in [0.1, 0.15) is 12.8 Å². The van der Waals surface area contributed by atoms with Gasteiger partial charge in [0.25, 0.3) is 0 Å². The fourth-order valence-electron chi connectivity index (χ4n) is 4.08. The van der Waals surface area contributed by atoms with Gasteiger partial charge in [-0.2, -0.15) is 0 Å². The molecule has 3 nitrogen and oxygen atoms in total. The summed E-state index contributed by atoms with van der Waals surface area (Å²) >= 11 is 0. The number of rotatable bonds is 1. The van der Waals surface area contributed by atoms with Crippen LogP contribution in [0.3, 0.4) is 0 Å². The fraction of sp³-hybridized carbons (Fsp3) is 1.00. The summed E-state index contributed by atoms with van der Waals surface area (Å²) in [5.41, 5.74) is 0.486. The van der Waals surface area contributed by atoms with Crippen molar-refractivity contribution in [1.29, 1.82) is 0 Å². The first-order valence-electron chi connectivity index (χ1n) is 5.21. The highest BCUT2D eigenvalue weighted by molar-refractivity contribution is 5.40. The van der Waals surface area contributed by atoms with Crippen molar-refractivity contribution in [3.05, 3.63) is 0 Å². The second kappa shape index (κ2) is 1.81. The van der Waals surface area contributed by atoms with Gasteiger partial charge in [-0.15, -0.1) is 0 Å². The average Bonchev–Trinajstić information content (AvgIpc) is 2.98. The normalized spacial score (nSPS) is 71.5. The van der Waals surface area contributed by atoms with E-state index in [1.165, 1.54) is 12.8 Å². The molecule has 13 heavy (non-hydrogen) atoms. The third-order valence-corrected chi connectivity index (χ3v) is 4.85. The molecule has 2 saturated carbocycles. The summed E-state index contributed by atoms with van der Waals surface area (Å²) in [6.45, 7) is 0. The standard InChI is InChI=1S/C10H15NO2/c1-11-7-4-5(12-2)3-6-8-9(13-8)10(6,7)11/h5-9H,3-4H2,1-2H3. The van der Waals surface area contributed by atoms with Gasteiger partial charge in [-0.3, -0.25) is 4.90 Å². The number of ether oxygens (including phenoxy) is 2. The van der Waals surface area contributed by atoms with Crippen LogP contribution in [0, 0.1) is 5.92 Å². The van der Waals surface area contributed by atoms with Crippen molar-refractivity contribution in [2.24, 2.45) is 5.92 Å². The molecule has 0 aromatic carbocycles. The van der Waals surface area contributed by atoms with Crippen LogP contribution in [0.25, 0.3) is 0 Å². The van der Waals surface area contributed by atoms with Gasteiger partial charge in [-0.1, -0.05) is 0 Å². The first-order valence-corrected chi connectivity index (χ1v) is 5.21. The maximum absolute atomic E-state index is 5.69. The highest BCUT2D eigenvalue weighted by atomic mass is 16.6. The van der Waals surface area contributed by atoms with Crippen LogP contribution in [0.5, 0.6) is 0 Å². The van der Waals surface area contributed by atoms with E-state index in [4.69, 9.17) is 9.47 Å². The van der Waals surface area contributed by atoms with E-state index in [0.717, 1.165) is 12.0 Å². The average molecular weight is 181 g/mol. The highest BCUT2D eigenvalue weighted by Gasteiger charge is 2.87. The number of fused-ring (bicyclic) bond motifs is 2. The van der Waals surface area contributed by atoms with Crippen molar-refractivity contribution in [3.8, 4) is 0 Å². The lowest BCUT2D eigenvalue weighted by molar-refractivity contribution is 0.0343. The molecule has 4 aliphatic rings. The van der Waals surface area contributed by atoms with E-state index in [9.17, 15) is 0 Å². The van der Waals surface area contributed by atoms with E-state index >= 15 is 0 Å². The number of nitrogens with zero attached hydrogens (tertiary/aromatic N) is 1. The third-order valence-electron chi connectivity index (χ3n) is 4.85. The Balaban J connectivity index is 1.67. The second-order valence-corrected chi connectivity index (χ2v) is 4.97. The Morgan fingerprint density at radius 2 is 2.31 bits per heavy atom. The van der Waals surface area contributed by atoms with Crippen LogP contribution in [0.15, 0.2) is 0 Å². The molecule has 2 aliphatic heterocycles. The molecule has 1 spiro atoms. The Labute approximate surface area is 78.0 Å². The smallest absolute Gasteiger partial charge is 0.105 e. The first-order chi connectivity index (χ1) is 6.30. The summed E-state index contributed by atoms with van der Waals surface area (Å²) in [7, 11) is 4.08. The highest BCUT2D eigenvalue weighted by Crippen LogP contribution is 2.72. The van der Waals surface area contributed by atoms with Crippen molar-refractivity contribution in [2.45, 2.75) is 42.7 Å². The van der Waals surface area contributed by atoms with Gasteiger partial charge in [-0.25, -0.2) is 0 Å². The van der Waals surface area contributed by atoms with Crippen molar-refractivity contribution in [3.63, 3.8) is 0 Å². The zero-order valence-corrected chi connectivity index (χ0v) is 8.06. The molecule has 0 amide bonds. The van der Waals surface area contributed by atoms with E-state index in [1.807, 2.05) is 7.11 Å². The quantitative estimate of drug-likeness (QED) is 0.542. The third kappa shape index (κ3) is 0.551. The zero-order chi connectivity index (χ0) is 8.79. The molecule has 7 atom stereocenters. The molecule has 72 valence electrons. The summed E-state index contributed by atoms with van der Waals surface area (Å²) in [5, 5.41) is 0. The molecule has 0 aromatic rings. The van der Waals surface area contributed by atoms with Crippen molar-refractivity contribution < 1.29 is 9.47 Å². The Kier molecular flexibility index (Phi) is 1.00. The molecule has 2 aliphatic carbocycles. The lowest BCUT2D eigenvalue weighted by atomic mass is 9.64. The van der Waals surface area contributed by atoms with Gasteiger partial charge < -0.3 is 9.47 Å². The SMILES string of the molecule is COC1CC2C3OC3C23C(C1)N3C. The molecular weight excluding hydrogens is 166 g/mol. The number of epoxide rings is 1. The van der Waals surface area contributed by atoms with Crippen LogP contribution in [0.2, 0.25) is 0 Å². The molecule has 4 fully saturated rings. The van der Waals surface area contributed by atoms with Gasteiger partial charge in [0.05, 0.1) is 17.7 Å². The van der Waals surface area contributed by atoms with Crippen LogP contribution < -0.4 is 0 Å². The molecule has 0 aromatic heterocycles. The van der Waals surface area contributed by atoms with Crippen LogP contribution in [-0.2, 0) is 9.47 Å². The minimum absolute atomic E-state index is 0.484. The molecular formula is C10H15NO2. The molecule has 3 heteroatoms. The lowest BCUT2D eigenvalue weighted by Gasteiger charge is -2.38. The van der Waals surface area contributed by atoms with Gasteiger partial charge in [0, 0.05) is 19.1 Å². The summed E-state index contributed by atoms with van der Waals surface area (Å²) < 4.78 is 11.2. The lowest BCUT2D eigenvalue weighted by Crippen LogP contribution is -2.53. The number of likely N-dealkylation sites (N-methyl/N-ethyl adjacent to an activating group) is 1. The Hall–Kier alpha value is -0.120.